The summed E-state index contributed by atoms with van der Waals surface area (Å²) in [6.45, 7) is 3.77. The number of carbonyl (C=O) groups is 2. The third-order valence-corrected chi connectivity index (χ3v) is 6.80. The molecule has 2 aliphatic heterocycles. The quantitative estimate of drug-likeness (QED) is 0.308. The van der Waals surface area contributed by atoms with Gasteiger partial charge in [-0.1, -0.05) is 12.1 Å². The van der Waals surface area contributed by atoms with Crippen LogP contribution < -0.4 is 24.0 Å². The number of ketones is 1. The smallest absolute Gasteiger partial charge is 0.300 e. The zero-order valence-corrected chi connectivity index (χ0v) is 21.4. The highest BCUT2D eigenvalue weighted by Crippen LogP contribution is 2.45. The minimum atomic E-state index is -0.849. The predicted molar refractivity (Wildman–Crippen MR) is 141 cm³/mol. The van der Waals surface area contributed by atoms with Gasteiger partial charge in [0, 0.05) is 37.1 Å². The maximum Gasteiger partial charge on any atom is 0.300 e. The predicted octanol–water partition coefficient (Wildman–Crippen LogP) is 4.73. The van der Waals surface area contributed by atoms with Gasteiger partial charge >= 0.3 is 0 Å². The number of fused-ring (bicyclic) bond motifs is 1. The molecular formula is C29H28N2O6. The summed E-state index contributed by atoms with van der Waals surface area (Å²) in [5.74, 6) is 0.00575. The second-order valence-corrected chi connectivity index (χ2v) is 9.33. The van der Waals surface area contributed by atoms with E-state index < -0.39 is 17.7 Å². The number of rotatable bonds is 5. The monoisotopic (exact) mass is 500 g/mol. The molecule has 8 heteroatoms. The lowest BCUT2D eigenvalue weighted by atomic mass is 9.92. The van der Waals surface area contributed by atoms with Gasteiger partial charge in [0.25, 0.3) is 11.7 Å². The van der Waals surface area contributed by atoms with E-state index in [4.69, 9.17) is 14.2 Å². The summed E-state index contributed by atoms with van der Waals surface area (Å²) in [5.41, 5.74) is 4.12. The summed E-state index contributed by atoms with van der Waals surface area (Å²) in [5, 5.41) is 11.6. The molecule has 0 radical (unpaired) electrons. The maximum absolute atomic E-state index is 13.5. The number of hydrogen-bond acceptors (Lipinski definition) is 7. The van der Waals surface area contributed by atoms with E-state index >= 15 is 0 Å². The van der Waals surface area contributed by atoms with Crippen LogP contribution in [0.5, 0.6) is 17.2 Å². The number of ether oxygens (including phenoxy) is 3. The van der Waals surface area contributed by atoms with Crippen molar-refractivity contribution in [1.29, 1.82) is 0 Å². The van der Waals surface area contributed by atoms with Crippen molar-refractivity contribution in [2.24, 2.45) is 0 Å². The van der Waals surface area contributed by atoms with Crippen LogP contribution >= 0.6 is 0 Å². The number of carbonyl (C=O) groups excluding carboxylic acids is 2. The lowest BCUT2D eigenvalue weighted by Gasteiger charge is -2.26. The molecule has 3 aromatic rings. The summed E-state index contributed by atoms with van der Waals surface area (Å²) < 4.78 is 16.3. The van der Waals surface area contributed by atoms with Crippen molar-refractivity contribution < 1.29 is 28.9 Å². The van der Waals surface area contributed by atoms with Crippen molar-refractivity contribution in [2.75, 3.05) is 37.8 Å². The van der Waals surface area contributed by atoms with Crippen molar-refractivity contribution >= 4 is 28.8 Å². The van der Waals surface area contributed by atoms with Gasteiger partial charge in [-0.2, -0.15) is 0 Å². The van der Waals surface area contributed by atoms with E-state index in [0.717, 1.165) is 16.8 Å². The number of aryl methyl sites for hydroxylation is 2. The highest BCUT2D eigenvalue weighted by Gasteiger charge is 2.47. The third-order valence-electron chi connectivity index (χ3n) is 6.80. The van der Waals surface area contributed by atoms with E-state index in [0.29, 0.717) is 34.1 Å². The molecule has 1 N–H and O–H groups in total. The number of hydrogen-bond donors (Lipinski definition) is 1. The second-order valence-electron chi connectivity index (χ2n) is 9.33. The molecule has 5 rings (SSSR count). The summed E-state index contributed by atoms with van der Waals surface area (Å²) in [6, 6.07) is 15.4. The Morgan fingerprint density at radius 2 is 1.68 bits per heavy atom. The van der Waals surface area contributed by atoms with Crippen LogP contribution in [0.3, 0.4) is 0 Å². The van der Waals surface area contributed by atoms with E-state index in [-0.39, 0.29) is 18.1 Å². The number of methoxy groups -OCH3 is 1. The standard InChI is InChI=1S/C29H28N2O6/c1-16-13-23(35-5)17(2)12-21(16)27(32)25-26(18-6-8-19(9-7-18)30(3)4)31(29(34)28(25)33)20-10-11-22-24(14-20)37-15-36-22/h6-14,26,32H,15H2,1-5H3/b27-25+. The number of Topliss-reactive ketones (excluding diaryl/α,β-unsaturated/α-hetero) is 1. The molecular weight excluding hydrogens is 472 g/mol. The molecule has 0 aliphatic carbocycles. The Kier molecular flexibility index (Phi) is 6.03. The molecule has 190 valence electrons. The SMILES string of the molecule is COc1cc(C)c(/C(O)=C2\C(=O)C(=O)N(c3ccc4c(c3)OCO4)C2c2ccc(N(C)C)cc2)cc1C. The molecule has 37 heavy (non-hydrogen) atoms. The van der Waals surface area contributed by atoms with Crippen LogP contribution in [0, 0.1) is 13.8 Å². The first kappa shape index (κ1) is 24.2. The molecule has 8 nitrogen and oxygen atoms in total. The summed E-state index contributed by atoms with van der Waals surface area (Å²) in [6.07, 6.45) is 0. The summed E-state index contributed by atoms with van der Waals surface area (Å²) >= 11 is 0. The molecule has 1 fully saturated rings. The topological polar surface area (TPSA) is 88.5 Å². The normalized spacial score (nSPS) is 17.9. The molecule has 0 bridgehead atoms. The van der Waals surface area contributed by atoms with E-state index in [9.17, 15) is 14.7 Å². The Morgan fingerprint density at radius 1 is 0.973 bits per heavy atom. The fourth-order valence-electron chi connectivity index (χ4n) is 4.81. The third kappa shape index (κ3) is 4.04. The van der Waals surface area contributed by atoms with Crippen molar-refractivity contribution in [3.05, 3.63) is 82.4 Å². The van der Waals surface area contributed by atoms with E-state index in [1.165, 1.54) is 4.90 Å². The highest BCUT2D eigenvalue weighted by molar-refractivity contribution is 6.51. The summed E-state index contributed by atoms with van der Waals surface area (Å²) in [7, 11) is 5.45. The van der Waals surface area contributed by atoms with Crippen LogP contribution in [0.25, 0.3) is 5.76 Å². The molecule has 1 unspecified atom stereocenters. The van der Waals surface area contributed by atoms with Crippen LogP contribution in [-0.4, -0.2) is 44.8 Å². The minimum Gasteiger partial charge on any atom is -0.507 e. The van der Waals surface area contributed by atoms with Gasteiger partial charge in [-0.25, -0.2) is 0 Å². The van der Waals surface area contributed by atoms with Gasteiger partial charge in [-0.05, 0) is 66.9 Å². The number of nitrogens with zero attached hydrogens (tertiary/aromatic N) is 2. The van der Waals surface area contributed by atoms with Crippen molar-refractivity contribution in [3.63, 3.8) is 0 Å². The second kappa shape index (κ2) is 9.20. The van der Waals surface area contributed by atoms with E-state index in [1.807, 2.05) is 57.1 Å². The molecule has 1 amide bonds. The van der Waals surface area contributed by atoms with Crippen LogP contribution in [0.1, 0.15) is 28.3 Å². The van der Waals surface area contributed by atoms with Gasteiger partial charge in [-0.15, -0.1) is 0 Å². The molecule has 0 aromatic heterocycles. The largest absolute Gasteiger partial charge is 0.507 e. The number of benzene rings is 3. The lowest BCUT2D eigenvalue weighted by Crippen LogP contribution is -2.29. The van der Waals surface area contributed by atoms with Crippen LogP contribution in [0.4, 0.5) is 11.4 Å². The molecule has 2 heterocycles. The van der Waals surface area contributed by atoms with E-state index in [2.05, 4.69) is 0 Å². The molecule has 1 saturated heterocycles. The first-order chi connectivity index (χ1) is 17.7. The molecule has 0 saturated carbocycles. The van der Waals surface area contributed by atoms with Gasteiger partial charge < -0.3 is 24.2 Å². The number of aliphatic hydroxyl groups is 1. The zero-order valence-electron chi connectivity index (χ0n) is 21.4. The molecule has 1 atom stereocenters. The van der Waals surface area contributed by atoms with Crippen molar-refractivity contribution in [3.8, 4) is 17.2 Å². The number of aliphatic hydroxyl groups excluding tert-OH is 1. The average molecular weight is 501 g/mol. The first-order valence-electron chi connectivity index (χ1n) is 11.8. The average Bonchev–Trinajstić information content (AvgIpc) is 3.46. The van der Waals surface area contributed by atoms with Gasteiger partial charge in [0.2, 0.25) is 6.79 Å². The molecule has 3 aromatic carbocycles. The Labute approximate surface area is 215 Å². The van der Waals surface area contributed by atoms with E-state index in [1.54, 1.807) is 37.4 Å². The Bertz CT molecular complexity index is 1440. The van der Waals surface area contributed by atoms with Crippen LogP contribution in [-0.2, 0) is 9.59 Å². The van der Waals surface area contributed by atoms with Gasteiger partial charge in [-0.3, -0.25) is 14.5 Å². The van der Waals surface area contributed by atoms with Crippen molar-refractivity contribution in [1.82, 2.24) is 0 Å². The molecule has 0 spiro atoms. The molecule has 2 aliphatic rings. The number of anilines is 2. The minimum absolute atomic E-state index is 0.0212. The van der Waals surface area contributed by atoms with Crippen LogP contribution in [0.2, 0.25) is 0 Å². The number of amides is 1. The van der Waals surface area contributed by atoms with Crippen LogP contribution in [0.15, 0.2) is 60.2 Å². The van der Waals surface area contributed by atoms with Crippen molar-refractivity contribution in [2.45, 2.75) is 19.9 Å². The Balaban J connectivity index is 1.71. The zero-order chi connectivity index (χ0) is 26.4. The fraction of sp³-hybridized carbons (Fsp3) is 0.241. The lowest BCUT2D eigenvalue weighted by molar-refractivity contribution is -0.132. The Hall–Kier alpha value is -4.46. The van der Waals surface area contributed by atoms with Gasteiger partial charge in [0.1, 0.15) is 11.5 Å². The Morgan fingerprint density at radius 3 is 2.35 bits per heavy atom. The van der Waals surface area contributed by atoms with Gasteiger partial charge in [0.15, 0.2) is 11.5 Å². The van der Waals surface area contributed by atoms with Gasteiger partial charge in [0.05, 0.1) is 18.7 Å². The summed E-state index contributed by atoms with van der Waals surface area (Å²) in [4.78, 5) is 30.4. The first-order valence-corrected chi connectivity index (χ1v) is 11.8. The highest BCUT2D eigenvalue weighted by atomic mass is 16.7. The fourth-order valence-corrected chi connectivity index (χ4v) is 4.81. The maximum atomic E-state index is 13.5.